The predicted molar refractivity (Wildman–Crippen MR) is 78.3 cm³/mol. The second-order valence-corrected chi connectivity index (χ2v) is 5.44. The second-order valence-electron chi connectivity index (χ2n) is 4.39. The Morgan fingerprint density at radius 2 is 2.17 bits per heavy atom. The van der Waals surface area contributed by atoms with Crippen molar-refractivity contribution in [3.8, 4) is 10.4 Å². The van der Waals surface area contributed by atoms with Crippen molar-refractivity contribution in [1.29, 1.82) is 0 Å². The lowest BCUT2D eigenvalue weighted by Gasteiger charge is -2.05. The van der Waals surface area contributed by atoms with Gasteiger partial charge in [-0.2, -0.15) is 0 Å². The molecule has 0 aliphatic rings. The number of hydrogen-bond acceptors (Lipinski definition) is 3. The number of rotatable bonds is 4. The summed E-state index contributed by atoms with van der Waals surface area (Å²) in [7, 11) is 0. The summed E-state index contributed by atoms with van der Waals surface area (Å²) in [6.45, 7) is 4.18. The van der Waals surface area contributed by atoms with Gasteiger partial charge in [-0.15, -0.1) is 11.3 Å². The minimum absolute atomic E-state index is 0.758. The molecule has 18 heavy (non-hydrogen) atoms. The zero-order valence-electron chi connectivity index (χ0n) is 10.7. The topological polar surface area (TPSA) is 43.1 Å². The maximum Gasteiger partial charge on any atom is 0.160 e. The third-order valence-electron chi connectivity index (χ3n) is 3.06. The fourth-order valence-corrected chi connectivity index (χ4v) is 3.31. The maximum absolute atomic E-state index is 11.1. The van der Waals surface area contributed by atoms with Gasteiger partial charge >= 0.3 is 0 Å². The largest absolute Gasteiger partial charge is 0.399 e. The fraction of sp³-hybridized carbons (Fsp3) is 0.267. The molecule has 3 heteroatoms. The molecule has 2 aromatic rings. The summed E-state index contributed by atoms with van der Waals surface area (Å²) in [4.78, 5) is 13.1. The average Bonchev–Trinajstić information content (AvgIpc) is 2.67. The first kappa shape index (κ1) is 12.8. The highest BCUT2D eigenvalue weighted by Gasteiger charge is 2.15. The van der Waals surface area contributed by atoms with Gasteiger partial charge in [0.05, 0.1) is 4.88 Å². The monoisotopic (exact) mass is 259 g/mol. The Bertz CT molecular complexity index is 572. The van der Waals surface area contributed by atoms with E-state index in [2.05, 4.69) is 13.0 Å². The van der Waals surface area contributed by atoms with Crippen LogP contribution in [0.2, 0.25) is 0 Å². The molecule has 1 aromatic heterocycles. The molecule has 0 bridgehead atoms. The minimum atomic E-state index is 0.758. The average molecular weight is 259 g/mol. The smallest absolute Gasteiger partial charge is 0.160 e. The number of hydrogen-bond donors (Lipinski definition) is 1. The van der Waals surface area contributed by atoms with E-state index in [1.54, 1.807) is 11.3 Å². The highest BCUT2D eigenvalue weighted by molar-refractivity contribution is 7.17. The molecule has 2 nitrogen and oxygen atoms in total. The van der Waals surface area contributed by atoms with Gasteiger partial charge in [-0.25, -0.2) is 0 Å². The molecule has 0 radical (unpaired) electrons. The first-order valence-corrected chi connectivity index (χ1v) is 6.92. The van der Waals surface area contributed by atoms with E-state index < -0.39 is 0 Å². The lowest BCUT2D eigenvalue weighted by molar-refractivity contribution is 0.112. The van der Waals surface area contributed by atoms with Crippen LogP contribution in [0.15, 0.2) is 24.3 Å². The number of nitrogen functional groups attached to an aromatic ring is 1. The molecule has 2 rings (SSSR count). The molecule has 1 aromatic carbocycles. The molecular formula is C15H17NOS. The van der Waals surface area contributed by atoms with Crippen LogP contribution in [0.1, 0.15) is 34.1 Å². The number of carbonyl (C=O) groups excluding carboxylic acids is 1. The van der Waals surface area contributed by atoms with Crippen molar-refractivity contribution in [2.24, 2.45) is 0 Å². The van der Waals surface area contributed by atoms with Crippen molar-refractivity contribution < 1.29 is 4.79 Å². The molecule has 0 aliphatic carbocycles. The Morgan fingerprint density at radius 3 is 2.78 bits per heavy atom. The van der Waals surface area contributed by atoms with E-state index in [4.69, 9.17) is 5.73 Å². The second kappa shape index (κ2) is 5.36. The van der Waals surface area contributed by atoms with E-state index in [9.17, 15) is 4.79 Å². The van der Waals surface area contributed by atoms with E-state index in [1.165, 1.54) is 10.4 Å². The van der Waals surface area contributed by atoms with E-state index in [-0.39, 0.29) is 0 Å². The van der Waals surface area contributed by atoms with Crippen molar-refractivity contribution in [3.63, 3.8) is 0 Å². The van der Waals surface area contributed by atoms with Crippen molar-refractivity contribution in [2.45, 2.75) is 26.7 Å². The molecular weight excluding hydrogens is 242 g/mol. The number of aldehydes is 1. The van der Waals surface area contributed by atoms with E-state index >= 15 is 0 Å². The Morgan fingerprint density at radius 1 is 1.39 bits per heavy atom. The van der Waals surface area contributed by atoms with Crippen LogP contribution in [-0.2, 0) is 6.42 Å². The van der Waals surface area contributed by atoms with Gasteiger partial charge in [0, 0.05) is 10.6 Å². The number of thiophene rings is 1. The van der Waals surface area contributed by atoms with E-state index in [1.807, 2.05) is 25.1 Å². The van der Waals surface area contributed by atoms with Gasteiger partial charge in [-0.05, 0) is 42.2 Å². The molecule has 0 saturated heterocycles. The quantitative estimate of drug-likeness (QED) is 0.664. The van der Waals surface area contributed by atoms with E-state index in [0.717, 1.165) is 40.8 Å². The fourth-order valence-electron chi connectivity index (χ4n) is 2.14. The van der Waals surface area contributed by atoms with Crippen LogP contribution >= 0.6 is 11.3 Å². The summed E-state index contributed by atoms with van der Waals surface area (Å²) in [5, 5.41) is 0. The number of anilines is 1. The number of nitrogens with two attached hydrogens (primary N) is 1. The van der Waals surface area contributed by atoms with Gasteiger partial charge in [0.1, 0.15) is 0 Å². The lowest BCUT2D eigenvalue weighted by atomic mass is 10.0. The van der Waals surface area contributed by atoms with Gasteiger partial charge in [0.15, 0.2) is 6.29 Å². The third-order valence-corrected chi connectivity index (χ3v) is 4.37. The summed E-state index contributed by atoms with van der Waals surface area (Å²) in [6.07, 6.45) is 3.03. The lowest BCUT2D eigenvalue weighted by Crippen LogP contribution is -1.89. The van der Waals surface area contributed by atoms with Gasteiger partial charge < -0.3 is 5.73 Å². The van der Waals surface area contributed by atoms with Crippen LogP contribution in [0.3, 0.4) is 0 Å². The molecule has 1 heterocycles. The number of benzene rings is 1. The highest BCUT2D eigenvalue weighted by atomic mass is 32.1. The summed E-state index contributed by atoms with van der Waals surface area (Å²) < 4.78 is 0. The van der Waals surface area contributed by atoms with Gasteiger partial charge in [0.2, 0.25) is 0 Å². The normalized spacial score (nSPS) is 10.6. The first-order valence-electron chi connectivity index (χ1n) is 6.10. The Kier molecular flexibility index (Phi) is 3.82. The first-order chi connectivity index (χ1) is 8.67. The van der Waals surface area contributed by atoms with Gasteiger partial charge in [0.25, 0.3) is 0 Å². The van der Waals surface area contributed by atoms with Crippen molar-refractivity contribution >= 4 is 23.3 Å². The van der Waals surface area contributed by atoms with Crippen LogP contribution in [0.4, 0.5) is 5.69 Å². The maximum atomic E-state index is 11.1. The molecule has 0 unspecified atom stereocenters. The summed E-state index contributed by atoms with van der Waals surface area (Å²) in [5.74, 6) is 0. The van der Waals surface area contributed by atoms with Crippen molar-refractivity contribution in [2.75, 3.05) is 5.73 Å². The van der Waals surface area contributed by atoms with Crippen LogP contribution in [0, 0.1) is 6.92 Å². The molecule has 0 fully saturated rings. The summed E-state index contributed by atoms with van der Waals surface area (Å²) in [5.41, 5.74) is 10.1. The van der Waals surface area contributed by atoms with Crippen molar-refractivity contribution in [3.05, 3.63) is 40.3 Å². The highest BCUT2D eigenvalue weighted by Crippen LogP contribution is 2.37. The molecule has 0 saturated carbocycles. The summed E-state index contributed by atoms with van der Waals surface area (Å²) >= 11 is 1.56. The SMILES string of the molecule is CCCc1c(-c2cccc(N)c2)sc(C=O)c1C. The minimum Gasteiger partial charge on any atom is -0.399 e. The Hall–Kier alpha value is -1.61. The molecule has 0 aliphatic heterocycles. The molecule has 0 atom stereocenters. The standard InChI is InChI=1S/C15H17NOS/c1-3-5-13-10(2)14(9-17)18-15(13)11-6-4-7-12(16)8-11/h4,6-9H,3,5,16H2,1-2H3. The predicted octanol–water partition coefficient (Wildman–Crippen LogP) is 4.07. The third kappa shape index (κ3) is 2.31. The number of carbonyl (C=O) groups is 1. The van der Waals surface area contributed by atoms with Crippen LogP contribution < -0.4 is 5.73 Å². The summed E-state index contributed by atoms with van der Waals surface area (Å²) in [6, 6.07) is 7.86. The van der Waals surface area contributed by atoms with Crippen LogP contribution in [-0.4, -0.2) is 6.29 Å². The molecule has 0 amide bonds. The van der Waals surface area contributed by atoms with Crippen LogP contribution in [0.25, 0.3) is 10.4 Å². The Balaban J connectivity index is 2.59. The van der Waals surface area contributed by atoms with Crippen LogP contribution in [0.5, 0.6) is 0 Å². The Labute approximate surface area is 111 Å². The van der Waals surface area contributed by atoms with Gasteiger partial charge in [-0.1, -0.05) is 25.5 Å². The van der Waals surface area contributed by atoms with E-state index in [0.29, 0.717) is 0 Å². The molecule has 94 valence electrons. The molecule has 2 N–H and O–H groups in total. The zero-order chi connectivity index (χ0) is 13.1. The van der Waals surface area contributed by atoms with Crippen molar-refractivity contribution in [1.82, 2.24) is 0 Å². The van der Waals surface area contributed by atoms with Gasteiger partial charge in [-0.3, -0.25) is 4.79 Å². The molecule has 0 spiro atoms. The zero-order valence-corrected chi connectivity index (χ0v) is 11.5.